The molecule has 1 aromatic heterocycles. The number of rotatable bonds is 7. The van der Waals surface area contributed by atoms with Gasteiger partial charge in [0.25, 0.3) is 5.91 Å². The van der Waals surface area contributed by atoms with Gasteiger partial charge in [0.1, 0.15) is 11.5 Å². The highest BCUT2D eigenvalue weighted by Gasteiger charge is 2.31. The van der Waals surface area contributed by atoms with Gasteiger partial charge in [0, 0.05) is 12.5 Å². The quantitative estimate of drug-likeness (QED) is 0.579. The molecule has 8 heteroatoms. The van der Waals surface area contributed by atoms with Crippen molar-refractivity contribution < 1.29 is 28.2 Å². The fourth-order valence-electron chi connectivity index (χ4n) is 3.05. The van der Waals surface area contributed by atoms with Crippen molar-refractivity contribution in [2.24, 2.45) is 0 Å². The van der Waals surface area contributed by atoms with Gasteiger partial charge in [-0.1, -0.05) is 42.5 Å². The third kappa shape index (κ3) is 4.72. The number of oxazole rings is 1. The summed E-state index contributed by atoms with van der Waals surface area (Å²) in [4.78, 5) is 29.0. The molecule has 7 nitrogen and oxygen atoms in total. The van der Waals surface area contributed by atoms with Crippen molar-refractivity contribution in [2.75, 3.05) is 7.11 Å². The Balaban J connectivity index is 1.91. The molecular weight excluding hydrogens is 391 g/mol. The van der Waals surface area contributed by atoms with E-state index in [0.717, 1.165) is 12.7 Å². The van der Waals surface area contributed by atoms with Gasteiger partial charge in [0.2, 0.25) is 5.76 Å². The molecule has 1 heterocycles. The molecular formula is C22H21FN2O5. The van der Waals surface area contributed by atoms with Crippen LogP contribution in [0.4, 0.5) is 4.39 Å². The van der Waals surface area contributed by atoms with Crippen LogP contribution in [-0.4, -0.2) is 41.2 Å². The normalized spacial score (nSPS) is 12.8. The van der Waals surface area contributed by atoms with Crippen molar-refractivity contribution in [3.05, 3.63) is 77.6 Å². The highest BCUT2D eigenvalue weighted by molar-refractivity contribution is 5.97. The number of ether oxygens (including phenoxy) is 1. The van der Waals surface area contributed by atoms with Gasteiger partial charge in [-0.3, -0.25) is 4.79 Å². The number of carbonyl (C=O) groups is 2. The number of carbonyl (C=O) groups excluding carboxylic acids is 2. The van der Waals surface area contributed by atoms with Crippen molar-refractivity contribution in [1.29, 1.82) is 0 Å². The Hall–Kier alpha value is -3.52. The molecule has 30 heavy (non-hydrogen) atoms. The zero-order valence-corrected chi connectivity index (χ0v) is 16.5. The summed E-state index contributed by atoms with van der Waals surface area (Å²) in [6, 6.07) is 13.9. The third-order valence-electron chi connectivity index (χ3n) is 4.51. The number of aromatic nitrogens is 1. The Bertz CT molecular complexity index is 1040. The van der Waals surface area contributed by atoms with E-state index in [9.17, 15) is 19.1 Å². The van der Waals surface area contributed by atoms with Gasteiger partial charge in [-0.05, 0) is 24.1 Å². The Kier molecular flexibility index (Phi) is 6.58. The fourth-order valence-corrected chi connectivity index (χ4v) is 3.05. The van der Waals surface area contributed by atoms with Crippen molar-refractivity contribution >= 4 is 11.9 Å². The molecule has 156 valence electrons. The minimum atomic E-state index is -1.61. The van der Waals surface area contributed by atoms with Gasteiger partial charge >= 0.3 is 5.97 Å². The number of methoxy groups -OCH3 is 1. The van der Waals surface area contributed by atoms with Crippen LogP contribution >= 0.6 is 0 Å². The second kappa shape index (κ2) is 9.32. The number of aliphatic hydroxyl groups is 1. The number of benzene rings is 2. The van der Waals surface area contributed by atoms with Gasteiger partial charge in [-0.25, -0.2) is 14.2 Å². The predicted octanol–water partition coefficient (Wildman–Crippen LogP) is 2.66. The summed E-state index contributed by atoms with van der Waals surface area (Å²) in [5, 5.41) is 13.0. The van der Waals surface area contributed by atoms with Crippen molar-refractivity contribution in [1.82, 2.24) is 10.3 Å². The first-order valence-electron chi connectivity index (χ1n) is 9.23. The van der Waals surface area contributed by atoms with Crippen molar-refractivity contribution in [3.63, 3.8) is 0 Å². The molecule has 0 radical (unpaired) electrons. The number of hydrogen-bond acceptors (Lipinski definition) is 6. The predicted molar refractivity (Wildman–Crippen MR) is 106 cm³/mol. The minimum absolute atomic E-state index is 0.0362. The average molecular weight is 412 g/mol. The van der Waals surface area contributed by atoms with E-state index < -0.39 is 29.8 Å². The third-order valence-corrected chi connectivity index (χ3v) is 4.51. The molecule has 0 fully saturated rings. The summed E-state index contributed by atoms with van der Waals surface area (Å²) >= 11 is 0. The number of aryl methyl sites for hydroxylation is 1. The van der Waals surface area contributed by atoms with E-state index in [0.29, 0.717) is 0 Å². The van der Waals surface area contributed by atoms with Crippen molar-refractivity contribution in [3.8, 4) is 11.3 Å². The van der Waals surface area contributed by atoms with Gasteiger partial charge < -0.3 is 19.6 Å². The van der Waals surface area contributed by atoms with Gasteiger partial charge in [-0.15, -0.1) is 0 Å². The average Bonchev–Trinajstić information content (AvgIpc) is 3.14. The Morgan fingerprint density at radius 1 is 1.17 bits per heavy atom. The molecule has 0 bridgehead atoms. The molecule has 0 saturated carbocycles. The SMILES string of the molecule is COC(=O)C(O)C(Cc1ccccc1)NC(=O)c1oc(C)nc1-c1ccccc1F. The number of aliphatic hydroxyl groups excluding tert-OH is 1. The van der Waals surface area contributed by atoms with Crippen LogP contribution in [0.3, 0.4) is 0 Å². The zero-order chi connectivity index (χ0) is 21.7. The maximum atomic E-state index is 14.2. The molecule has 3 rings (SSSR count). The maximum Gasteiger partial charge on any atom is 0.336 e. The Labute approximate surface area is 172 Å². The van der Waals surface area contributed by atoms with Crippen LogP contribution < -0.4 is 5.32 Å². The van der Waals surface area contributed by atoms with Crippen LogP contribution in [0.1, 0.15) is 22.0 Å². The number of esters is 1. The molecule has 2 aromatic carbocycles. The largest absolute Gasteiger partial charge is 0.467 e. The van der Waals surface area contributed by atoms with E-state index in [4.69, 9.17) is 4.42 Å². The monoisotopic (exact) mass is 412 g/mol. The maximum absolute atomic E-state index is 14.2. The number of amides is 1. The molecule has 2 N–H and O–H groups in total. The van der Waals surface area contributed by atoms with Gasteiger partial charge in [-0.2, -0.15) is 0 Å². The molecule has 2 unspecified atom stereocenters. The lowest BCUT2D eigenvalue weighted by molar-refractivity contribution is -0.151. The first kappa shape index (κ1) is 21.2. The molecule has 0 spiro atoms. The lowest BCUT2D eigenvalue weighted by Crippen LogP contribution is -2.48. The summed E-state index contributed by atoms with van der Waals surface area (Å²) in [7, 11) is 1.14. The second-order valence-electron chi connectivity index (χ2n) is 6.63. The van der Waals surface area contributed by atoms with Crippen LogP contribution in [0.25, 0.3) is 11.3 Å². The molecule has 1 amide bonds. The highest BCUT2D eigenvalue weighted by Crippen LogP contribution is 2.26. The molecule has 0 aliphatic heterocycles. The van der Waals surface area contributed by atoms with E-state index in [1.165, 1.54) is 25.1 Å². The van der Waals surface area contributed by atoms with Crippen LogP contribution in [0.15, 0.2) is 59.0 Å². The topological polar surface area (TPSA) is 102 Å². The summed E-state index contributed by atoms with van der Waals surface area (Å²) in [5.41, 5.74) is 0.926. The number of halogens is 1. The van der Waals surface area contributed by atoms with E-state index in [-0.39, 0.29) is 29.3 Å². The summed E-state index contributed by atoms with van der Waals surface area (Å²) < 4.78 is 24.3. The number of nitrogens with one attached hydrogen (secondary N) is 1. The summed E-state index contributed by atoms with van der Waals surface area (Å²) in [6.45, 7) is 1.53. The number of nitrogens with zero attached hydrogens (tertiary/aromatic N) is 1. The van der Waals surface area contributed by atoms with Crippen molar-refractivity contribution in [2.45, 2.75) is 25.5 Å². The summed E-state index contributed by atoms with van der Waals surface area (Å²) in [5.74, 6) is -2.23. The molecule has 0 saturated heterocycles. The zero-order valence-electron chi connectivity index (χ0n) is 16.5. The van der Waals surface area contributed by atoms with E-state index in [1.54, 1.807) is 30.3 Å². The minimum Gasteiger partial charge on any atom is -0.467 e. The van der Waals surface area contributed by atoms with E-state index in [1.807, 2.05) is 6.07 Å². The first-order chi connectivity index (χ1) is 14.4. The Morgan fingerprint density at radius 3 is 2.50 bits per heavy atom. The van der Waals surface area contributed by atoms with Gasteiger partial charge in [0.05, 0.1) is 13.2 Å². The molecule has 3 aromatic rings. The van der Waals surface area contributed by atoms with Crippen LogP contribution in [-0.2, 0) is 16.0 Å². The van der Waals surface area contributed by atoms with Crippen LogP contribution in [0, 0.1) is 12.7 Å². The van der Waals surface area contributed by atoms with Gasteiger partial charge in [0.15, 0.2) is 12.0 Å². The number of hydrogen-bond donors (Lipinski definition) is 2. The standard InChI is InChI=1S/C22H21FN2O5/c1-13-24-18(15-10-6-7-11-16(15)23)20(30-13)21(27)25-17(19(26)22(28)29-2)12-14-8-4-3-5-9-14/h3-11,17,19,26H,12H2,1-2H3,(H,25,27). The summed E-state index contributed by atoms with van der Waals surface area (Å²) in [6.07, 6.45) is -1.45. The smallest absolute Gasteiger partial charge is 0.336 e. The molecule has 0 aliphatic carbocycles. The fraction of sp³-hybridized carbons (Fsp3) is 0.227. The second-order valence-corrected chi connectivity index (χ2v) is 6.63. The lowest BCUT2D eigenvalue weighted by atomic mass is 10.0. The molecule has 2 atom stereocenters. The Morgan fingerprint density at radius 2 is 1.83 bits per heavy atom. The first-order valence-corrected chi connectivity index (χ1v) is 9.23. The van der Waals surface area contributed by atoms with Crippen LogP contribution in [0.2, 0.25) is 0 Å². The highest BCUT2D eigenvalue weighted by atomic mass is 19.1. The lowest BCUT2D eigenvalue weighted by Gasteiger charge is -2.22. The van der Waals surface area contributed by atoms with E-state index in [2.05, 4.69) is 15.0 Å². The van der Waals surface area contributed by atoms with E-state index >= 15 is 0 Å². The molecule has 0 aliphatic rings. The van der Waals surface area contributed by atoms with Crippen LogP contribution in [0.5, 0.6) is 0 Å².